The molecule has 2 aromatic rings. The fraction of sp³-hybridized carbons (Fsp3) is 0.188. The number of alkyl halides is 1. The van der Waals surface area contributed by atoms with E-state index < -0.39 is 11.0 Å². The lowest BCUT2D eigenvalue weighted by Crippen LogP contribution is -2.46. The second kappa shape index (κ2) is 4.84. The summed E-state index contributed by atoms with van der Waals surface area (Å²) in [6.07, 6.45) is 0.423. The number of hydrogen-bond acceptors (Lipinski definition) is 3. The highest BCUT2D eigenvalue weighted by molar-refractivity contribution is 6.37. The van der Waals surface area contributed by atoms with Gasteiger partial charge in [-0.05, 0) is 23.8 Å². The Morgan fingerprint density at radius 3 is 2.50 bits per heavy atom. The molecule has 20 heavy (non-hydrogen) atoms. The standard InChI is InChI=1S/C16H14ClNO2/c1-20-15(19)16(17)11-12-7-5-6-10-14(12)18(16)13-8-3-2-4-9-13/h2-10H,11H2,1H3. The number of carbonyl (C=O) groups excluding carboxylic acids is 1. The van der Waals surface area contributed by atoms with Crippen molar-refractivity contribution >= 4 is 28.9 Å². The number of ether oxygens (including phenoxy) is 1. The second-order valence-corrected chi connectivity index (χ2v) is 5.35. The average Bonchev–Trinajstić information content (AvgIpc) is 2.80. The summed E-state index contributed by atoms with van der Waals surface area (Å²) >= 11 is 6.64. The van der Waals surface area contributed by atoms with E-state index in [9.17, 15) is 4.79 Å². The van der Waals surface area contributed by atoms with E-state index in [1.807, 2.05) is 59.5 Å². The van der Waals surface area contributed by atoms with Gasteiger partial charge in [0.05, 0.1) is 7.11 Å². The van der Waals surface area contributed by atoms with Crippen LogP contribution in [-0.4, -0.2) is 18.1 Å². The first-order valence-electron chi connectivity index (χ1n) is 6.37. The summed E-state index contributed by atoms with van der Waals surface area (Å²) in [7, 11) is 1.36. The largest absolute Gasteiger partial charge is 0.466 e. The van der Waals surface area contributed by atoms with Gasteiger partial charge in [0.25, 0.3) is 0 Å². The van der Waals surface area contributed by atoms with Crippen molar-refractivity contribution in [1.29, 1.82) is 0 Å². The minimum absolute atomic E-state index is 0.423. The lowest BCUT2D eigenvalue weighted by Gasteiger charge is -2.32. The second-order valence-electron chi connectivity index (χ2n) is 4.73. The summed E-state index contributed by atoms with van der Waals surface area (Å²) in [5.74, 6) is -0.445. The van der Waals surface area contributed by atoms with Crippen molar-refractivity contribution in [1.82, 2.24) is 0 Å². The highest BCUT2D eigenvalue weighted by Gasteiger charge is 2.50. The maximum Gasteiger partial charge on any atom is 0.348 e. The van der Waals surface area contributed by atoms with Gasteiger partial charge in [0.2, 0.25) is 5.00 Å². The third kappa shape index (κ3) is 1.86. The lowest BCUT2D eigenvalue weighted by molar-refractivity contribution is -0.143. The van der Waals surface area contributed by atoms with E-state index >= 15 is 0 Å². The summed E-state index contributed by atoms with van der Waals surface area (Å²) in [5, 5.41) is 0. The van der Waals surface area contributed by atoms with Gasteiger partial charge in [-0.3, -0.25) is 0 Å². The zero-order valence-electron chi connectivity index (χ0n) is 11.0. The van der Waals surface area contributed by atoms with Crippen molar-refractivity contribution in [3.05, 3.63) is 60.2 Å². The van der Waals surface area contributed by atoms with Crippen LogP contribution in [0.4, 0.5) is 11.4 Å². The molecular weight excluding hydrogens is 274 g/mol. The highest BCUT2D eigenvalue weighted by Crippen LogP contribution is 2.46. The Morgan fingerprint density at radius 1 is 1.15 bits per heavy atom. The van der Waals surface area contributed by atoms with E-state index in [-0.39, 0.29) is 0 Å². The monoisotopic (exact) mass is 287 g/mol. The third-order valence-electron chi connectivity index (χ3n) is 3.52. The molecule has 102 valence electrons. The van der Waals surface area contributed by atoms with Crippen LogP contribution in [0.25, 0.3) is 0 Å². The Bertz CT molecular complexity index is 644. The van der Waals surface area contributed by atoms with Gasteiger partial charge < -0.3 is 9.64 Å². The normalized spacial score (nSPS) is 20.6. The molecular formula is C16H14ClNO2. The van der Waals surface area contributed by atoms with Crippen molar-refractivity contribution in [3.63, 3.8) is 0 Å². The predicted octanol–water partition coefficient (Wildman–Crippen LogP) is 3.49. The fourth-order valence-electron chi connectivity index (χ4n) is 2.64. The number of anilines is 2. The zero-order valence-corrected chi connectivity index (χ0v) is 11.8. The molecule has 0 N–H and O–H groups in total. The Labute approximate surface area is 122 Å². The van der Waals surface area contributed by atoms with E-state index in [0.717, 1.165) is 16.9 Å². The van der Waals surface area contributed by atoms with Gasteiger partial charge in [0.1, 0.15) is 0 Å². The van der Waals surface area contributed by atoms with Gasteiger partial charge in [-0.15, -0.1) is 0 Å². The molecule has 0 amide bonds. The zero-order chi connectivity index (χ0) is 14.2. The molecule has 0 saturated heterocycles. The number of halogens is 1. The average molecular weight is 288 g/mol. The molecule has 0 saturated carbocycles. The van der Waals surface area contributed by atoms with Gasteiger partial charge >= 0.3 is 5.97 Å². The molecule has 3 rings (SSSR count). The lowest BCUT2D eigenvalue weighted by atomic mass is 10.1. The predicted molar refractivity (Wildman–Crippen MR) is 79.3 cm³/mol. The molecule has 1 aliphatic heterocycles. The van der Waals surface area contributed by atoms with Crippen LogP contribution >= 0.6 is 11.6 Å². The summed E-state index contributed by atoms with van der Waals surface area (Å²) in [4.78, 5) is 12.8. The minimum Gasteiger partial charge on any atom is -0.466 e. The summed E-state index contributed by atoms with van der Waals surface area (Å²) in [5.41, 5.74) is 2.86. The van der Waals surface area contributed by atoms with Crippen molar-refractivity contribution in [2.75, 3.05) is 12.0 Å². The van der Waals surface area contributed by atoms with Crippen LogP contribution in [0.15, 0.2) is 54.6 Å². The molecule has 0 aliphatic carbocycles. The number of esters is 1. The van der Waals surface area contributed by atoms with Crippen LogP contribution in [0.2, 0.25) is 0 Å². The van der Waals surface area contributed by atoms with Gasteiger partial charge in [-0.1, -0.05) is 48.0 Å². The highest BCUT2D eigenvalue weighted by atomic mass is 35.5. The van der Waals surface area contributed by atoms with Crippen LogP contribution in [0.1, 0.15) is 5.56 Å². The Morgan fingerprint density at radius 2 is 1.80 bits per heavy atom. The number of benzene rings is 2. The number of fused-ring (bicyclic) bond motifs is 1. The van der Waals surface area contributed by atoms with Crippen LogP contribution < -0.4 is 4.90 Å². The van der Waals surface area contributed by atoms with E-state index in [4.69, 9.17) is 16.3 Å². The van der Waals surface area contributed by atoms with E-state index in [0.29, 0.717) is 6.42 Å². The minimum atomic E-state index is -1.22. The topological polar surface area (TPSA) is 29.5 Å². The molecule has 4 heteroatoms. The number of nitrogens with zero attached hydrogens (tertiary/aromatic N) is 1. The van der Waals surface area contributed by atoms with Crippen molar-refractivity contribution in [2.45, 2.75) is 11.4 Å². The first-order valence-corrected chi connectivity index (χ1v) is 6.75. The van der Waals surface area contributed by atoms with Crippen molar-refractivity contribution in [2.24, 2.45) is 0 Å². The van der Waals surface area contributed by atoms with Crippen molar-refractivity contribution in [3.8, 4) is 0 Å². The molecule has 1 unspecified atom stereocenters. The Kier molecular flexibility index (Phi) is 3.14. The molecule has 0 fully saturated rings. The first kappa shape index (κ1) is 13.0. The molecule has 2 aromatic carbocycles. The van der Waals surface area contributed by atoms with Gasteiger partial charge in [-0.25, -0.2) is 4.79 Å². The van der Waals surface area contributed by atoms with Crippen LogP contribution in [0.3, 0.4) is 0 Å². The van der Waals surface area contributed by atoms with E-state index in [1.165, 1.54) is 7.11 Å². The number of para-hydroxylation sites is 2. The summed E-state index contributed by atoms with van der Waals surface area (Å²) in [6.45, 7) is 0. The smallest absolute Gasteiger partial charge is 0.348 e. The molecule has 3 nitrogen and oxygen atoms in total. The van der Waals surface area contributed by atoms with Crippen LogP contribution in [0, 0.1) is 0 Å². The number of carbonyl (C=O) groups is 1. The Hall–Kier alpha value is -2.00. The molecule has 1 heterocycles. The number of hydrogen-bond donors (Lipinski definition) is 0. The van der Waals surface area contributed by atoms with E-state index in [2.05, 4.69) is 0 Å². The number of rotatable bonds is 2. The van der Waals surface area contributed by atoms with Crippen LogP contribution in [0.5, 0.6) is 0 Å². The first-order chi connectivity index (χ1) is 9.66. The molecule has 0 radical (unpaired) electrons. The quantitative estimate of drug-likeness (QED) is 0.481. The molecule has 0 aromatic heterocycles. The van der Waals surface area contributed by atoms with Crippen LogP contribution in [-0.2, 0) is 16.0 Å². The molecule has 1 atom stereocenters. The molecule has 0 spiro atoms. The molecule has 1 aliphatic rings. The van der Waals surface area contributed by atoms with Gasteiger partial charge in [-0.2, -0.15) is 0 Å². The fourth-order valence-corrected chi connectivity index (χ4v) is 3.05. The SMILES string of the molecule is COC(=O)C1(Cl)Cc2ccccc2N1c1ccccc1. The maximum atomic E-state index is 12.2. The summed E-state index contributed by atoms with van der Waals surface area (Å²) in [6, 6.07) is 17.5. The van der Waals surface area contributed by atoms with Gasteiger partial charge in [0, 0.05) is 17.8 Å². The van der Waals surface area contributed by atoms with Gasteiger partial charge in [0.15, 0.2) is 0 Å². The third-order valence-corrected chi connectivity index (χ3v) is 3.98. The Balaban J connectivity index is 2.17. The summed E-state index contributed by atoms with van der Waals surface area (Å²) < 4.78 is 4.91. The van der Waals surface area contributed by atoms with E-state index in [1.54, 1.807) is 0 Å². The number of methoxy groups -OCH3 is 1. The maximum absolute atomic E-state index is 12.2. The van der Waals surface area contributed by atoms with Crippen molar-refractivity contribution < 1.29 is 9.53 Å². The molecule has 0 bridgehead atoms.